The van der Waals surface area contributed by atoms with Crippen LogP contribution in [0.4, 0.5) is 0 Å². The van der Waals surface area contributed by atoms with Crippen LogP contribution in [-0.4, -0.2) is 11.4 Å². The Labute approximate surface area is 73.4 Å². The molecule has 1 N–H and O–H groups in total. The van der Waals surface area contributed by atoms with Gasteiger partial charge in [-0.05, 0) is 13.0 Å². The third kappa shape index (κ3) is 1.80. The van der Waals surface area contributed by atoms with Crippen LogP contribution in [0.15, 0.2) is 6.07 Å². The molecule has 1 rings (SSSR count). The van der Waals surface area contributed by atoms with Crippen LogP contribution in [-0.2, 0) is 0 Å². The zero-order valence-electron chi connectivity index (χ0n) is 5.87. The summed E-state index contributed by atoms with van der Waals surface area (Å²) in [5, 5.41) is 9.12. The normalized spacial score (nSPS) is 13.0. The van der Waals surface area contributed by atoms with E-state index in [1.807, 2.05) is 0 Å². The predicted octanol–water partition coefficient (Wildman–Crippen LogP) is 2.27. The summed E-state index contributed by atoms with van der Waals surface area (Å²) >= 11 is 6.90. The van der Waals surface area contributed by atoms with E-state index in [-0.39, 0.29) is 0 Å². The van der Waals surface area contributed by atoms with Crippen LogP contribution in [0.2, 0.25) is 4.34 Å². The average molecular weight is 191 g/mol. The fraction of sp³-hybridized carbons (Fsp3) is 0.286. The summed E-state index contributed by atoms with van der Waals surface area (Å²) in [6, 6.07) is 1.60. The number of rotatable bonds is 2. The molecule has 0 aromatic carbocycles. The smallest absolute Gasteiger partial charge is 0.160 e. The lowest BCUT2D eigenvalue weighted by molar-refractivity contribution is 0.112. The first-order valence-corrected chi connectivity index (χ1v) is 4.27. The van der Waals surface area contributed by atoms with Crippen LogP contribution in [0.25, 0.3) is 0 Å². The van der Waals surface area contributed by atoms with Crippen molar-refractivity contribution in [2.75, 3.05) is 0 Å². The minimum atomic E-state index is -0.604. The number of aliphatic hydroxyl groups is 1. The Morgan fingerprint density at radius 3 is 2.73 bits per heavy atom. The lowest BCUT2D eigenvalue weighted by atomic mass is 10.2. The van der Waals surface area contributed by atoms with E-state index in [4.69, 9.17) is 16.7 Å². The van der Waals surface area contributed by atoms with E-state index in [0.29, 0.717) is 14.8 Å². The van der Waals surface area contributed by atoms with E-state index >= 15 is 0 Å². The Balaban J connectivity index is 3.06. The molecule has 0 bridgehead atoms. The largest absolute Gasteiger partial charge is 0.389 e. The number of hydrogen-bond acceptors (Lipinski definition) is 3. The van der Waals surface area contributed by atoms with Gasteiger partial charge in [0.05, 0.1) is 15.3 Å². The summed E-state index contributed by atoms with van der Waals surface area (Å²) < 4.78 is 0.488. The Hall–Kier alpha value is -0.380. The van der Waals surface area contributed by atoms with Gasteiger partial charge < -0.3 is 5.11 Å². The SMILES string of the molecule is C[C@@H](O)c1cc(C=O)sc1Cl. The Bertz CT molecular complexity index is 267. The molecule has 0 aliphatic heterocycles. The molecule has 0 saturated heterocycles. The number of thiophene rings is 1. The Morgan fingerprint density at radius 1 is 1.82 bits per heavy atom. The first-order valence-electron chi connectivity index (χ1n) is 3.07. The molecule has 0 amide bonds. The van der Waals surface area contributed by atoms with Crippen LogP contribution in [0.1, 0.15) is 28.3 Å². The van der Waals surface area contributed by atoms with E-state index in [9.17, 15) is 4.79 Å². The van der Waals surface area contributed by atoms with Crippen LogP contribution >= 0.6 is 22.9 Å². The number of carbonyl (C=O) groups excluding carboxylic acids is 1. The summed E-state index contributed by atoms with van der Waals surface area (Å²) in [6.07, 6.45) is 0.120. The monoisotopic (exact) mass is 190 g/mol. The zero-order valence-corrected chi connectivity index (χ0v) is 7.45. The molecule has 1 atom stereocenters. The molecular formula is C7H7ClO2S. The topological polar surface area (TPSA) is 37.3 Å². The maximum absolute atomic E-state index is 10.3. The maximum atomic E-state index is 10.3. The van der Waals surface area contributed by atoms with Crippen LogP contribution in [0.5, 0.6) is 0 Å². The molecule has 1 aromatic rings. The summed E-state index contributed by atoms with van der Waals surface area (Å²) in [6.45, 7) is 1.61. The van der Waals surface area contributed by atoms with Crippen molar-refractivity contribution in [1.82, 2.24) is 0 Å². The first kappa shape index (κ1) is 8.71. The molecule has 0 spiro atoms. The number of hydrogen-bond donors (Lipinski definition) is 1. The van der Waals surface area contributed by atoms with Crippen molar-refractivity contribution >= 4 is 29.2 Å². The highest BCUT2D eigenvalue weighted by molar-refractivity contribution is 7.17. The highest BCUT2D eigenvalue weighted by Gasteiger charge is 2.10. The quantitative estimate of drug-likeness (QED) is 0.727. The van der Waals surface area contributed by atoms with E-state index in [2.05, 4.69) is 0 Å². The van der Waals surface area contributed by atoms with E-state index < -0.39 is 6.10 Å². The van der Waals surface area contributed by atoms with Crippen molar-refractivity contribution in [1.29, 1.82) is 0 Å². The molecule has 0 aliphatic carbocycles. The standard InChI is InChI=1S/C7H7ClO2S/c1-4(10)6-2-5(3-9)11-7(6)8/h2-4,10H,1H3/t4-/m1/s1. The van der Waals surface area contributed by atoms with Crippen molar-refractivity contribution in [2.45, 2.75) is 13.0 Å². The van der Waals surface area contributed by atoms with Gasteiger partial charge in [-0.2, -0.15) is 0 Å². The van der Waals surface area contributed by atoms with E-state index in [1.54, 1.807) is 13.0 Å². The number of aliphatic hydroxyl groups excluding tert-OH is 1. The molecule has 0 radical (unpaired) electrons. The molecule has 0 saturated carbocycles. The summed E-state index contributed by atoms with van der Waals surface area (Å²) in [4.78, 5) is 10.8. The Kier molecular flexibility index (Phi) is 2.65. The highest BCUT2D eigenvalue weighted by atomic mass is 35.5. The van der Waals surface area contributed by atoms with Gasteiger partial charge in [0, 0.05) is 5.56 Å². The summed E-state index contributed by atoms with van der Waals surface area (Å²) in [5.74, 6) is 0. The van der Waals surface area contributed by atoms with Crippen molar-refractivity contribution < 1.29 is 9.90 Å². The lowest BCUT2D eigenvalue weighted by Gasteiger charge is -1.98. The number of aldehydes is 1. The third-order valence-corrected chi connectivity index (χ3v) is 2.61. The van der Waals surface area contributed by atoms with E-state index in [1.165, 1.54) is 11.3 Å². The van der Waals surface area contributed by atoms with Gasteiger partial charge in [-0.15, -0.1) is 11.3 Å². The van der Waals surface area contributed by atoms with Gasteiger partial charge in [0.25, 0.3) is 0 Å². The van der Waals surface area contributed by atoms with Gasteiger partial charge in [0.15, 0.2) is 6.29 Å². The molecule has 11 heavy (non-hydrogen) atoms. The fourth-order valence-corrected chi connectivity index (χ4v) is 2.01. The third-order valence-electron chi connectivity index (χ3n) is 1.30. The molecule has 0 aliphatic rings. The molecule has 1 aromatic heterocycles. The highest BCUT2D eigenvalue weighted by Crippen LogP contribution is 2.30. The van der Waals surface area contributed by atoms with E-state index in [0.717, 1.165) is 6.29 Å². The van der Waals surface area contributed by atoms with Crippen molar-refractivity contribution in [2.24, 2.45) is 0 Å². The molecule has 4 heteroatoms. The van der Waals surface area contributed by atoms with Gasteiger partial charge in [0.1, 0.15) is 0 Å². The van der Waals surface area contributed by atoms with Gasteiger partial charge in [-0.25, -0.2) is 0 Å². The van der Waals surface area contributed by atoms with Crippen molar-refractivity contribution in [3.8, 4) is 0 Å². The minimum Gasteiger partial charge on any atom is -0.389 e. The average Bonchev–Trinajstić information content (AvgIpc) is 2.30. The van der Waals surface area contributed by atoms with Gasteiger partial charge in [-0.1, -0.05) is 11.6 Å². The van der Waals surface area contributed by atoms with Gasteiger partial charge in [0.2, 0.25) is 0 Å². The molecular weight excluding hydrogens is 184 g/mol. The van der Waals surface area contributed by atoms with Crippen molar-refractivity contribution in [3.63, 3.8) is 0 Å². The second kappa shape index (κ2) is 3.34. The summed E-state index contributed by atoms with van der Waals surface area (Å²) in [7, 11) is 0. The number of carbonyl (C=O) groups is 1. The maximum Gasteiger partial charge on any atom is 0.160 e. The van der Waals surface area contributed by atoms with Gasteiger partial charge >= 0.3 is 0 Å². The van der Waals surface area contributed by atoms with Crippen LogP contribution < -0.4 is 0 Å². The summed E-state index contributed by atoms with van der Waals surface area (Å²) in [5.41, 5.74) is 0.624. The number of halogens is 1. The molecule has 0 fully saturated rings. The second-order valence-electron chi connectivity index (χ2n) is 2.17. The lowest BCUT2D eigenvalue weighted by Crippen LogP contribution is -1.87. The molecule has 1 heterocycles. The van der Waals surface area contributed by atoms with Gasteiger partial charge in [-0.3, -0.25) is 4.79 Å². The fourth-order valence-electron chi connectivity index (χ4n) is 0.745. The molecule has 0 unspecified atom stereocenters. The van der Waals surface area contributed by atoms with Crippen LogP contribution in [0.3, 0.4) is 0 Å². The minimum absolute atomic E-state index is 0.488. The van der Waals surface area contributed by atoms with Crippen molar-refractivity contribution in [3.05, 3.63) is 20.8 Å². The second-order valence-corrected chi connectivity index (χ2v) is 3.86. The predicted molar refractivity (Wildman–Crippen MR) is 45.4 cm³/mol. The Morgan fingerprint density at radius 2 is 2.45 bits per heavy atom. The molecule has 2 nitrogen and oxygen atoms in total. The zero-order chi connectivity index (χ0) is 8.43. The van der Waals surface area contributed by atoms with Crippen LogP contribution in [0, 0.1) is 0 Å². The first-order chi connectivity index (χ1) is 5.15. The molecule has 60 valence electrons.